The monoisotopic (exact) mass is 527 g/mol. The molecule has 0 saturated heterocycles. The maximum absolute atomic E-state index is 12.6. The van der Waals surface area contributed by atoms with Crippen molar-refractivity contribution in [3.8, 4) is 5.75 Å². The summed E-state index contributed by atoms with van der Waals surface area (Å²) >= 11 is 0. The summed E-state index contributed by atoms with van der Waals surface area (Å²) in [5.41, 5.74) is 6.41. The molecule has 1 unspecified atom stereocenters. The fraction of sp³-hybridized carbons (Fsp3) is 0.419. The van der Waals surface area contributed by atoms with Crippen LogP contribution in [0.25, 0.3) is 11.0 Å². The maximum Gasteiger partial charge on any atom is 0.310 e. The standard InChI is InChI=1S/C31H37N5O3/c1-19-10-11-21(15-22(19)16-36-17-24-26(9-8-14-32-24)39-30(3,4)18-36)27(31(5,6)29(37)38)23-12-13-25-28(20(23)2)33-34-35(25)7/h8-15,27H,16-18H2,1-7H3,(H,37,38). The number of carboxylic acids is 1. The minimum absolute atomic E-state index is 0.378. The van der Waals surface area contributed by atoms with E-state index in [0.717, 1.165) is 56.8 Å². The van der Waals surface area contributed by atoms with Crippen molar-refractivity contribution >= 4 is 17.0 Å². The van der Waals surface area contributed by atoms with E-state index in [9.17, 15) is 9.90 Å². The zero-order chi connectivity index (χ0) is 28.1. The summed E-state index contributed by atoms with van der Waals surface area (Å²) in [6.07, 6.45) is 1.80. The molecule has 0 aliphatic carbocycles. The van der Waals surface area contributed by atoms with E-state index in [1.165, 1.54) is 0 Å². The molecule has 0 fully saturated rings. The Morgan fingerprint density at radius 1 is 1.18 bits per heavy atom. The van der Waals surface area contributed by atoms with Gasteiger partial charge < -0.3 is 9.84 Å². The number of aromatic nitrogens is 4. The molecule has 1 aliphatic rings. The Balaban J connectivity index is 1.57. The van der Waals surface area contributed by atoms with Crippen LogP contribution in [0.4, 0.5) is 0 Å². The lowest BCUT2D eigenvalue weighted by atomic mass is 9.69. The van der Waals surface area contributed by atoms with Gasteiger partial charge in [0, 0.05) is 38.8 Å². The number of fused-ring (bicyclic) bond motifs is 2. The minimum atomic E-state index is -1.06. The largest absolute Gasteiger partial charge is 0.485 e. The molecule has 2 aromatic carbocycles. The van der Waals surface area contributed by atoms with Crippen LogP contribution in [-0.4, -0.2) is 48.1 Å². The molecule has 0 spiro atoms. The van der Waals surface area contributed by atoms with Crippen molar-refractivity contribution in [1.82, 2.24) is 24.9 Å². The summed E-state index contributed by atoms with van der Waals surface area (Å²) in [5.74, 6) is -0.400. The van der Waals surface area contributed by atoms with Crippen LogP contribution in [-0.2, 0) is 24.9 Å². The lowest BCUT2D eigenvalue weighted by molar-refractivity contribution is -0.147. The van der Waals surface area contributed by atoms with Crippen molar-refractivity contribution in [2.75, 3.05) is 6.54 Å². The highest BCUT2D eigenvalue weighted by molar-refractivity contribution is 5.81. The fourth-order valence-electron chi connectivity index (χ4n) is 5.84. The van der Waals surface area contributed by atoms with Crippen LogP contribution in [0.1, 0.15) is 67.1 Å². The molecule has 204 valence electrons. The smallest absolute Gasteiger partial charge is 0.310 e. The third-order valence-electron chi connectivity index (χ3n) is 7.98. The first-order chi connectivity index (χ1) is 18.4. The second-order valence-electron chi connectivity index (χ2n) is 12.0. The van der Waals surface area contributed by atoms with Crippen molar-refractivity contribution in [2.24, 2.45) is 12.5 Å². The maximum atomic E-state index is 12.6. The van der Waals surface area contributed by atoms with Crippen LogP contribution >= 0.6 is 0 Å². The molecule has 1 N–H and O–H groups in total. The van der Waals surface area contributed by atoms with Gasteiger partial charge in [0.25, 0.3) is 0 Å². The van der Waals surface area contributed by atoms with E-state index >= 15 is 0 Å². The number of rotatable bonds is 6. The van der Waals surface area contributed by atoms with Crippen LogP contribution in [0.3, 0.4) is 0 Å². The van der Waals surface area contributed by atoms with Crippen molar-refractivity contribution in [2.45, 2.75) is 66.2 Å². The van der Waals surface area contributed by atoms with Gasteiger partial charge >= 0.3 is 5.97 Å². The first-order valence-corrected chi connectivity index (χ1v) is 13.3. The molecule has 0 saturated carbocycles. The summed E-state index contributed by atoms with van der Waals surface area (Å²) < 4.78 is 8.04. The molecule has 3 heterocycles. The molecule has 2 aromatic heterocycles. The van der Waals surface area contributed by atoms with E-state index < -0.39 is 11.4 Å². The van der Waals surface area contributed by atoms with E-state index in [1.54, 1.807) is 24.7 Å². The number of hydrogen-bond acceptors (Lipinski definition) is 6. The van der Waals surface area contributed by atoms with Gasteiger partial charge in [0.1, 0.15) is 16.9 Å². The number of hydrogen-bond donors (Lipinski definition) is 1. The van der Waals surface area contributed by atoms with Crippen LogP contribution < -0.4 is 4.74 Å². The van der Waals surface area contributed by atoms with E-state index in [-0.39, 0.29) is 11.5 Å². The molecule has 1 atom stereocenters. The Kier molecular flexibility index (Phi) is 6.71. The van der Waals surface area contributed by atoms with Gasteiger partial charge in [-0.05, 0) is 87.6 Å². The average Bonchev–Trinajstić information content (AvgIpc) is 3.18. The molecule has 1 aliphatic heterocycles. The zero-order valence-corrected chi connectivity index (χ0v) is 23.8. The highest BCUT2D eigenvalue weighted by atomic mass is 16.5. The summed E-state index contributed by atoms with van der Waals surface area (Å²) in [5, 5.41) is 18.9. The molecule has 4 aromatic rings. The highest BCUT2D eigenvalue weighted by Gasteiger charge is 2.40. The second-order valence-corrected chi connectivity index (χ2v) is 12.0. The molecule has 5 rings (SSSR count). The van der Waals surface area contributed by atoms with Gasteiger partial charge in [-0.15, -0.1) is 5.10 Å². The van der Waals surface area contributed by atoms with E-state index in [2.05, 4.69) is 59.2 Å². The summed E-state index contributed by atoms with van der Waals surface area (Å²) in [4.78, 5) is 19.6. The Morgan fingerprint density at radius 2 is 1.95 bits per heavy atom. The summed E-state index contributed by atoms with van der Waals surface area (Å²) in [6, 6.07) is 14.3. The number of pyridine rings is 1. The number of nitrogens with zero attached hydrogens (tertiary/aromatic N) is 5. The van der Waals surface area contributed by atoms with Gasteiger partial charge in [0.15, 0.2) is 0 Å². The molecule has 39 heavy (non-hydrogen) atoms. The normalized spacial score (nSPS) is 16.4. The van der Waals surface area contributed by atoms with Crippen molar-refractivity contribution in [3.05, 3.63) is 82.2 Å². The highest BCUT2D eigenvalue weighted by Crippen LogP contribution is 2.44. The number of carbonyl (C=O) groups is 1. The van der Waals surface area contributed by atoms with E-state index in [0.29, 0.717) is 13.1 Å². The second kappa shape index (κ2) is 9.75. The zero-order valence-electron chi connectivity index (χ0n) is 23.8. The molecule has 0 radical (unpaired) electrons. The van der Waals surface area contributed by atoms with Crippen LogP contribution in [0.15, 0.2) is 48.7 Å². The fourth-order valence-corrected chi connectivity index (χ4v) is 5.84. The quantitative estimate of drug-likeness (QED) is 0.359. The molecule has 0 amide bonds. The Bertz CT molecular complexity index is 1560. The molecular weight excluding hydrogens is 490 g/mol. The average molecular weight is 528 g/mol. The van der Waals surface area contributed by atoms with Gasteiger partial charge in [-0.2, -0.15) is 0 Å². The van der Waals surface area contributed by atoms with Crippen LogP contribution in [0.5, 0.6) is 5.75 Å². The molecular formula is C31H37N5O3. The number of benzene rings is 2. The number of aryl methyl sites for hydroxylation is 3. The number of aliphatic carboxylic acids is 1. The van der Waals surface area contributed by atoms with Crippen molar-refractivity contribution in [1.29, 1.82) is 0 Å². The number of ether oxygens (including phenoxy) is 1. The molecule has 8 heteroatoms. The lowest BCUT2D eigenvalue weighted by Gasteiger charge is -2.33. The molecule has 0 bridgehead atoms. The van der Waals surface area contributed by atoms with Crippen LogP contribution in [0.2, 0.25) is 0 Å². The first-order valence-electron chi connectivity index (χ1n) is 13.3. The third-order valence-corrected chi connectivity index (χ3v) is 7.98. The van der Waals surface area contributed by atoms with Crippen molar-refractivity contribution in [3.63, 3.8) is 0 Å². The SMILES string of the molecule is Cc1ccc(C(c2ccc3c(nnn3C)c2C)C(C)(C)C(=O)O)cc1CN1Cc2ncccc2OC(C)(C)C1. The van der Waals surface area contributed by atoms with Gasteiger partial charge in [-0.3, -0.25) is 14.7 Å². The Morgan fingerprint density at radius 3 is 2.69 bits per heavy atom. The lowest BCUT2D eigenvalue weighted by Crippen LogP contribution is -2.40. The van der Waals surface area contributed by atoms with E-state index in [4.69, 9.17) is 4.74 Å². The topological polar surface area (TPSA) is 93.4 Å². The van der Waals surface area contributed by atoms with Crippen molar-refractivity contribution < 1.29 is 14.6 Å². The van der Waals surface area contributed by atoms with Gasteiger partial charge in [-0.25, -0.2) is 4.68 Å². The third kappa shape index (κ3) is 5.01. The number of carboxylic acid groups (broad SMARTS) is 1. The predicted octanol–water partition coefficient (Wildman–Crippen LogP) is 5.40. The van der Waals surface area contributed by atoms with Gasteiger partial charge in [-0.1, -0.05) is 29.5 Å². The summed E-state index contributed by atoms with van der Waals surface area (Å²) in [7, 11) is 1.86. The van der Waals surface area contributed by atoms with E-state index in [1.807, 2.05) is 38.2 Å². The van der Waals surface area contributed by atoms with Gasteiger partial charge in [0.05, 0.1) is 16.6 Å². The minimum Gasteiger partial charge on any atom is -0.485 e. The summed E-state index contributed by atoms with van der Waals surface area (Å²) in [6.45, 7) is 14.0. The Hall–Kier alpha value is -3.78. The Labute approximate surface area is 229 Å². The first kappa shape index (κ1) is 26.8. The molecule has 8 nitrogen and oxygen atoms in total. The van der Waals surface area contributed by atoms with Gasteiger partial charge in [0.2, 0.25) is 0 Å². The predicted molar refractivity (Wildman–Crippen MR) is 151 cm³/mol. The van der Waals surface area contributed by atoms with Crippen LogP contribution in [0, 0.1) is 19.3 Å².